The monoisotopic (exact) mass is 229 g/mol. The van der Waals surface area contributed by atoms with Crippen LogP contribution in [0.4, 0.5) is 0 Å². The summed E-state index contributed by atoms with van der Waals surface area (Å²) in [5.74, 6) is -0.885. The summed E-state index contributed by atoms with van der Waals surface area (Å²) >= 11 is 0. The third kappa shape index (κ3) is 7.60. The molecule has 0 unspecified atom stereocenters. The van der Waals surface area contributed by atoms with Crippen LogP contribution in [0, 0.1) is 5.92 Å². The first-order chi connectivity index (χ1) is 7.43. The second kappa shape index (κ2) is 7.49. The average Bonchev–Trinajstić information content (AvgIpc) is 2.20. The van der Waals surface area contributed by atoms with E-state index in [1.165, 1.54) is 0 Å². The van der Waals surface area contributed by atoms with Gasteiger partial charge in [0.2, 0.25) is 11.8 Å². The summed E-state index contributed by atoms with van der Waals surface area (Å²) in [6.07, 6.45) is 1.37. The SMILES string of the molecule is C[C@@H](CCCN=C(N)N)C(=O)NCC(N)=O. The minimum atomic E-state index is -0.555. The predicted octanol–water partition coefficient (Wildman–Crippen LogP) is -1.72. The van der Waals surface area contributed by atoms with Crippen LogP contribution >= 0.6 is 0 Å². The van der Waals surface area contributed by atoms with Crippen molar-refractivity contribution in [2.75, 3.05) is 13.1 Å². The predicted molar refractivity (Wildman–Crippen MR) is 61.3 cm³/mol. The molecule has 7 nitrogen and oxygen atoms in total. The van der Waals surface area contributed by atoms with Crippen LogP contribution in [-0.2, 0) is 9.59 Å². The lowest BCUT2D eigenvalue weighted by molar-refractivity contribution is -0.127. The van der Waals surface area contributed by atoms with E-state index in [0.717, 1.165) is 0 Å². The first-order valence-electron chi connectivity index (χ1n) is 5.05. The Morgan fingerprint density at radius 1 is 1.31 bits per heavy atom. The molecule has 2 amide bonds. The Hall–Kier alpha value is -1.79. The number of guanidine groups is 1. The van der Waals surface area contributed by atoms with E-state index in [4.69, 9.17) is 17.2 Å². The van der Waals surface area contributed by atoms with Gasteiger partial charge < -0.3 is 22.5 Å². The fourth-order valence-corrected chi connectivity index (χ4v) is 1.09. The summed E-state index contributed by atoms with van der Waals surface area (Å²) < 4.78 is 0. The van der Waals surface area contributed by atoms with E-state index in [0.29, 0.717) is 19.4 Å². The molecule has 0 aliphatic heterocycles. The van der Waals surface area contributed by atoms with Crippen molar-refractivity contribution in [2.45, 2.75) is 19.8 Å². The third-order valence-electron chi connectivity index (χ3n) is 1.97. The van der Waals surface area contributed by atoms with Crippen molar-refractivity contribution in [3.8, 4) is 0 Å². The van der Waals surface area contributed by atoms with Gasteiger partial charge in [0.25, 0.3) is 0 Å². The fourth-order valence-electron chi connectivity index (χ4n) is 1.09. The maximum absolute atomic E-state index is 11.4. The molecule has 7 heteroatoms. The van der Waals surface area contributed by atoms with Gasteiger partial charge in [0, 0.05) is 12.5 Å². The molecule has 0 radical (unpaired) electrons. The molecule has 0 heterocycles. The summed E-state index contributed by atoms with van der Waals surface area (Å²) in [6.45, 7) is 2.14. The average molecular weight is 229 g/mol. The van der Waals surface area contributed by atoms with E-state index in [9.17, 15) is 9.59 Å². The molecule has 1 atom stereocenters. The Kier molecular flexibility index (Phi) is 6.66. The van der Waals surface area contributed by atoms with Crippen LogP contribution in [-0.4, -0.2) is 30.9 Å². The Labute approximate surface area is 94.4 Å². The van der Waals surface area contributed by atoms with E-state index >= 15 is 0 Å². The van der Waals surface area contributed by atoms with Crippen LogP contribution in [0.2, 0.25) is 0 Å². The number of nitrogens with one attached hydrogen (secondary N) is 1. The molecule has 0 aliphatic rings. The molecule has 0 fully saturated rings. The normalized spacial score (nSPS) is 11.6. The smallest absolute Gasteiger partial charge is 0.236 e. The summed E-state index contributed by atoms with van der Waals surface area (Å²) in [5.41, 5.74) is 15.2. The number of nitrogens with zero attached hydrogens (tertiary/aromatic N) is 1. The molecule has 0 saturated heterocycles. The highest BCUT2D eigenvalue weighted by Crippen LogP contribution is 2.05. The minimum absolute atomic E-state index is 0.0471. The molecule has 0 rings (SSSR count). The Morgan fingerprint density at radius 2 is 1.94 bits per heavy atom. The van der Waals surface area contributed by atoms with E-state index in [-0.39, 0.29) is 24.3 Å². The first-order valence-corrected chi connectivity index (χ1v) is 5.05. The lowest BCUT2D eigenvalue weighted by Crippen LogP contribution is -2.36. The van der Waals surface area contributed by atoms with Crippen LogP contribution in [0.15, 0.2) is 4.99 Å². The first kappa shape index (κ1) is 14.2. The van der Waals surface area contributed by atoms with Crippen LogP contribution in [0.25, 0.3) is 0 Å². The highest BCUT2D eigenvalue weighted by molar-refractivity contribution is 5.84. The number of carbonyl (C=O) groups is 2. The highest BCUT2D eigenvalue weighted by atomic mass is 16.2. The van der Waals surface area contributed by atoms with E-state index in [2.05, 4.69) is 10.3 Å². The molecule has 0 aliphatic carbocycles. The maximum atomic E-state index is 11.4. The Balaban J connectivity index is 3.71. The number of nitrogens with two attached hydrogens (primary N) is 3. The van der Waals surface area contributed by atoms with Crippen molar-refractivity contribution in [1.29, 1.82) is 0 Å². The van der Waals surface area contributed by atoms with Crippen molar-refractivity contribution < 1.29 is 9.59 Å². The van der Waals surface area contributed by atoms with Crippen molar-refractivity contribution in [3.63, 3.8) is 0 Å². The number of aliphatic imine (C=N–C) groups is 1. The largest absolute Gasteiger partial charge is 0.370 e. The molecular weight excluding hydrogens is 210 g/mol. The highest BCUT2D eigenvalue weighted by Gasteiger charge is 2.12. The van der Waals surface area contributed by atoms with Gasteiger partial charge >= 0.3 is 0 Å². The maximum Gasteiger partial charge on any atom is 0.236 e. The standard InChI is InChI=1S/C9H19N5O2/c1-6(3-2-4-13-9(11)12)8(16)14-5-7(10)15/h6H,2-5H2,1H3,(H2,10,15)(H,14,16)(H4,11,12,13)/t6-/m0/s1. The second-order valence-corrected chi connectivity index (χ2v) is 3.53. The molecule has 7 N–H and O–H groups in total. The lowest BCUT2D eigenvalue weighted by atomic mass is 10.1. The molecule has 0 aromatic rings. The minimum Gasteiger partial charge on any atom is -0.370 e. The summed E-state index contributed by atoms with van der Waals surface area (Å²) in [6, 6.07) is 0. The molecular formula is C9H19N5O2. The van der Waals surface area contributed by atoms with Crippen LogP contribution in [0.5, 0.6) is 0 Å². The third-order valence-corrected chi connectivity index (χ3v) is 1.97. The zero-order valence-corrected chi connectivity index (χ0v) is 9.40. The van der Waals surface area contributed by atoms with Crippen LogP contribution in [0.3, 0.4) is 0 Å². The van der Waals surface area contributed by atoms with Gasteiger partial charge in [-0.1, -0.05) is 6.92 Å². The van der Waals surface area contributed by atoms with Gasteiger partial charge in [0.05, 0.1) is 6.54 Å². The number of carbonyl (C=O) groups excluding carboxylic acids is 2. The number of hydrogen-bond donors (Lipinski definition) is 4. The molecule has 0 saturated carbocycles. The van der Waals surface area contributed by atoms with Gasteiger partial charge in [-0.2, -0.15) is 0 Å². The van der Waals surface area contributed by atoms with Crippen LogP contribution < -0.4 is 22.5 Å². The van der Waals surface area contributed by atoms with Gasteiger partial charge in [0.1, 0.15) is 0 Å². The van der Waals surface area contributed by atoms with Crippen LogP contribution in [0.1, 0.15) is 19.8 Å². The van der Waals surface area contributed by atoms with Gasteiger partial charge in [-0.3, -0.25) is 14.6 Å². The molecule has 0 aromatic carbocycles. The Morgan fingerprint density at radius 3 is 2.44 bits per heavy atom. The zero-order chi connectivity index (χ0) is 12.6. The van der Waals surface area contributed by atoms with E-state index < -0.39 is 5.91 Å². The summed E-state index contributed by atoms with van der Waals surface area (Å²) in [4.78, 5) is 25.6. The molecule has 16 heavy (non-hydrogen) atoms. The van der Waals surface area contributed by atoms with Gasteiger partial charge in [-0.25, -0.2) is 0 Å². The van der Waals surface area contributed by atoms with Gasteiger partial charge in [-0.15, -0.1) is 0 Å². The lowest BCUT2D eigenvalue weighted by Gasteiger charge is -2.10. The van der Waals surface area contributed by atoms with Crippen molar-refractivity contribution in [1.82, 2.24) is 5.32 Å². The van der Waals surface area contributed by atoms with Crippen molar-refractivity contribution in [2.24, 2.45) is 28.1 Å². The molecule has 0 bridgehead atoms. The molecule has 0 spiro atoms. The summed E-state index contributed by atoms with van der Waals surface area (Å²) in [5, 5.41) is 2.43. The van der Waals surface area contributed by atoms with Crippen molar-refractivity contribution in [3.05, 3.63) is 0 Å². The van der Waals surface area contributed by atoms with Gasteiger partial charge in [-0.05, 0) is 12.8 Å². The van der Waals surface area contributed by atoms with E-state index in [1.807, 2.05) is 0 Å². The quantitative estimate of drug-likeness (QED) is 0.234. The van der Waals surface area contributed by atoms with Crippen molar-refractivity contribution >= 4 is 17.8 Å². The van der Waals surface area contributed by atoms with E-state index in [1.54, 1.807) is 6.92 Å². The Bertz CT molecular complexity index is 273. The number of amides is 2. The molecule has 0 aromatic heterocycles. The fraction of sp³-hybridized carbons (Fsp3) is 0.667. The topological polar surface area (TPSA) is 137 Å². The zero-order valence-electron chi connectivity index (χ0n) is 9.40. The summed E-state index contributed by atoms with van der Waals surface area (Å²) in [7, 11) is 0. The molecule has 92 valence electrons. The number of hydrogen-bond acceptors (Lipinski definition) is 3. The number of primary amides is 1. The van der Waals surface area contributed by atoms with Gasteiger partial charge in [0.15, 0.2) is 5.96 Å². The second-order valence-electron chi connectivity index (χ2n) is 3.53. The number of rotatable bonds is 7.